The molecule has 196 valence electrons. The number of benzene rings is 2. The molecule has 0 saturated heterocycles. The van der Waals surface area contributed by atoms with Crippen LogP contribution in [0.3, 0.4) is 0 Å². The Hall–Kier alpha value is -4.44. The molecule has 11 heteroatoms. The number of para-hydroxylation sites is 1. The number of aromatic hydroxyl groups is 1. The smallest absolute Gasteiger partial charge is 0.269 e. The number of hydrogen-bond donors (Lipinski definition) is 5. The van der Waals surface area contributed by atoms with E-state index in [0.717, 1.165) is 16.5 Å². The van der Waals surface area contributed by atoms with Crippen LogP contribution in [0.15, 0.2) is 54.6 Å². The molecule has 0 aliphatic heterocycles. The van der Waals surface area contributed by atoms with Crippen molar-refractivity contribution >= 4 is 46.0 Å². The Bertz CT molecular complexity index is 1460. The molecule has 0 radical (unpaired) electrons. The Morgan fingerprint density at radius 3 is 2.16 bits per heavy atom. The number of phenols is 1. The molecule has 0 atom stereocenters. The Morgan fingerprint density at radius 1 is 0.842 bits per heavy atom. The van der Waals surface area contributed by atoms with Crippen LogP contribution in [-0.2, 0) is 4.79 Å². The van der Waals surface area contributed by atoms with Gasteiger partial charge in [-0.15, -0.1) is 0 Å². The zero-order valence-corrected chi connectivity index (χ0v) is 21.8. The first kappa shape index (κ1) is 26.6. The summed E-state index contributed by atoms with van der Waals surface area (Å²) in [5.41, 5.74) is 2.18. The van der Waals surface area contributed by atoms with Crippen LogP contribution in [0, 0.1) is 6.92 Å². The lowest BCUT2D eigenvalue weighted by Gasteiger charge is -2.16. The van der Waals surface area contributed by atoms with E-state index >= 15 is 0 Å². The molecule has 2 heterocycles. The van der Waals surface area contributed by atoms with Gasteiger partial charge in [0, 0.05) is 54.6 Å². The second-order valence-corrected chi connectivity index (χ2v) is 8.95. The van der Waals surface area contributed by atoms with Crippen molar-refractivity contribution in [3.05, 3.63) is 70.9 Å². The van der Waals surface area contributed by atoms with Crippen LogP contribution in [0.5, 0.6) is 5.75 Å². The van der Waals surface area contributed by atoms with Crippen LogP contribution >= 0.6 is 11.6 Å². The summed E-state index contributed by atoms with van der Waals surface area (Å²) in [6.45, 7) is 5.00. The summed E-state index contributed by atoms with van der Waals surface area (Å²) in [4.78, 5) is 37.4. The molecule has 2 aromatic carbocycles. The van der Waals surface area contributed by atoms with Gasteiger partial charge in [-0.05, 0) is 43.3 Å². The van der Waals surface area contributed by atoms with Gasteiger partial charge in [0.2, 0.25) is 5.91 Å². The molecule has 0 spiro atoms. The van der Waals surface area contributed by atoms with Gasteiger partial charge < -0.3 is 26.4 Å². The second-order valence-electron chi connectivity index (χ2n) is 8.51. The maximum Gasteiger partial charge on any atom is 0.269 e. The van der Waals surface area contributed by atoms with E-state index in [0.29, 0.717) is 54.2 Å². The van der Waals surface area contributed by atoms with Crippen molar-refractivity contribution in [2.75, 3.05) is 36.8 Å². The molecule has 4 rings (SSSR count). The topological polar surface area (TPSA) is 141 Å². The molecule has 0 fully saturated rings. The number of halogens is 1. The van der Waals surface area contributed by atoms with Gasteiger partial charge in [-0.25, -0.2) is 15.0 Å². The highest BCUT2D eigenvalue weighted by molar-refractivity contribution is 6.30. The molecule has 10 nitrogen and oxygen atoms in total. The Balaban J connectivity index is 1.44. The molecule has 0 unspecified atom stereocenters. The average Bonchev–Trinajstić information content (AvgIpc) is 2.91. The highest BCUT2D eigenvalue weighted by Crippen LogP contribution is 2.26. The third kappa shape index (κ3) is 6.65. The summed E-state index contributed by atoms with van der Waals surface area (Å²) in [5, 5.41) is 23.5. The minimum absolute atomic E-state index is 0.0241. The van der Waals surface area contributed by atoms with Gasteiger partial charge in [0.15, 0.2) is 5.82 Å². The molecule has 2 amide bonds. The maximum atomic E-state index is 12.6. The normalized spacial score (nSPS) is 10.7. The van der Waals surface area contributed by atoms with E-state index in [2.05, 4.69) is 36.2 Å². The van der Waals surface area contributed by atoms with Crippen molar-refractivity contribution < 1.29 is 14.7 Å². The summed E-state index contributed by atoms with van der Waals surface area (Å²) in [7, 11) is 0. The lowest BCUT2D eigenvalue weighted by Crippen LogP contribution is -2.30. The van der Waals surface area contributed by atoms with E-state index in [4.69, 9.17) is 11.6 Å². The fraction of sp³-hybridized carbons (Fsp3) is 0.222. The number of hydrogen-bond acceptors (Lipinski definition) is 8. The van der Waals surface area contributed by atoms with E-state index in [1.807, 2.05) is 25.1 Å². The molecule has 38 heavy (non-hydrogen) atoms. The summed E-state index contributed by atoms with van der Waals surface area (Å²) in [6, 6.07) is 15.7. The van der Waals surface area contributed by atoms with Gasteiger partial charge in [-0.3, -0.25) is 9.59 Å². The number of rotatable bonds is 10. The Morgan fingerprint density at radius 2 is 1.50 bits per heavy atom. The SMILES string of the molecule is CC(=O)NCCNc1nc(-c2ccc(Cl)cc2)nc(NCCNC(=O)c2ccc3cccc(O)c3n2)c1C. The molecular weight excluding hydrogens is 506 g/mol. The zero-order valence-electron chi connectivity index (χ0n) is 21.0. The van der Waals surface area contributed by atoms with Crippen LogP contribution in [0.2, 0.25) is 5.02 Å². The molecule has 0 bridgehead atoms. The van der Waals surface area contributed by atoms with Crippen molar-refractivity contribution in [2.24, 2.45) is 0 Å². The number of nitrogens with one attached hydrogen (secondary N) is 4. The van der Waals surface area contributed by atoms with Gasteiger partial charge in [0.25, 0.3) is 5.91 Å². The van der Waals surface area contributed by atoms with Gasteiger partial charge in [0.1, 0.15) is 28.6 Å². The fourth-order valence-electron chi connectivity index (χ4n) is 3.71. The number of carbonyl (C=O) groups is 2. The third-order valence-electron chi connectivity index (χ3n) is 5.67. The summed E-state index contributed by atoms with van der Waals surface area (Å²) in [6.07, 6.45) is 0. The molecule has 4 aromatic rings. The summed E-state index contributed by atoms with van der Waals surface area (Å²) >= 11 is 6.04. The van der Waals surface area contributed by atoms with Crippen LogP contribution in [0.1, 0.15) is 23.0 Å². The van der Waals surface area contributed by atoms with Crippen LogP contribution in [-0.4, -0.2) is 58.1 Å². The van der Waals surface area contributed by atoms with Crippen molar-refractivity contribution in [1.29, 1.82) is 0 Å². The van der Waals surface area contributed by atoms with E-state index in [9.17, 15) is 14.7 Å². The Kier molecular flexibility index (Phi) is 8.55. The molecule has 0 aliphatic carbocycles. The first-order valence-corrected chi connectivity index (χ1v) is 12.4. The van der Waals surface area contributed by atoms with Crippen LogP contribution < -0.4 is 21.3 Å². The van der Waals surface area contributed by atoms with Gasteiger partial charge in [-0.2, -0.15) is 0 Å². The number of pyridine rings is 1. The standard InChI is InChI=1S/C27H28ClN7O3/c1-16-24(30-13-12-29-17(2)36)34-26(19-6-9-20(28)10-7-19)35-25(16)31-14-15-32-27(38)21-11-8-18-4-3-5-22(37)23(18)33-21/h3-11,37H,12-15H2,1-2H3,(H,29,36)(H,32,38)(H2,30,31,34,35). The molecule has 5 N–H and O–H groups in total. The predicted octanol–water partition coefficient (Wildman–Crippen LogP) is 3.75. The fourth-order valence-corrected chi connectivity index (χ4v) is 3.84. The summed E-state index contributed by atoms with van der Waals surface area (Å²) < 4.78 is 0. The summed E-state index contributed by atoms with van der Waals surface area (Å²) in [5.74, 6) is 1.31. The minimum atomic E-state index is -0.349. The number of aromatic nitrogens is 3. The first-order valence-electron chi connectivity index (χ1n) is 12.1. The van der Waals surface area contributed by atoms with E-state index < -0.39 is 0 Å². The number of amides is 2. The highest BCUT2D eigenvalue weighted by atomic mass is 35.5. The molecule has 0 saturated carbocycles. The largest absolute Gasteiger partial charge is 0.506 e. The first-order chi connectivity index (χ1) is 18.3. The highest BCUT2D eigenvalue weighted by Gasteiger charge is 2.13. The number of fused-ring (bicyclic) bond motifs is 1. The monoisotopic (exact) mass is 533 g/mol. The quantitative estimate of drug-likeness (QED) is 0.194. The molecule has 0 aliphatic rings. The van der Waals surface area contributed by atoms with Gasteiger partial charge >= 0.3 is 0 Å². The zero-order chi connectivity index (χ0) is 27.1. The van der Waals surface area contributed by atoms with E-state index in [1.54, 1.807) is 30.3 Å². The lowest BCUT2D eigenvalue weighted by molar-refractivity contribution is -0.118. The predicted molar refractivity (Wildman–Crippen MR) is 149 cm³/mol. The van der Waals surface area contributed by atoms with Crippen molar-refractivity contribution in [1.82, 2.24) is 25.6 Å². The second kappa shape index (κ2) is 12.2. The van der Waals surface area contributed by atoms with Crippen LogP contribution in [0.25, 0.3) is 22.3 Å². The number of anilines is 2. The lowest BCUT2D eigenvalue weighted by atomic mass is 10.2. The van der Waals surface area contributed by atoms with Crippen LogP contribution in [0.4, 0.5) is 11.6 Å². The van der Waals surface area contributed by atoms with Crippen molar-refractivity contribution in [3.8, 4) is 17.1 Å². The number of carbonyl (C=O) groups excluding carboxylic acids is 2. The maximum absolute atomic E-state index is 12.6. The third-order valence-corrected chi connectivity index (χ3v) is 5.93. The number of nitrogens with zero attached hydrogens (tertiary/aromatic N) is 3. The van der Waals surface area contributed by atoms with E-state index in [-0.39, 0.29) is 23.3 Å². The van der Waals surface area contributed by atoms with Crippen molar-refractivity contribution in [2.45, 2.75) is 13.8 Å². The minimum Gasteiger partial charge on any atom is -0.506 e. The molecule has 2 aromatic heterocycles. The molecular formula is C27H28ClN7O3. The van der Waals surface area contributed by atoms with Gasteiger partial charge in [0.05, 0.1) is 0 Å². The van der Waals surface area contributed by atoms with Gasteiger partial charge in [-0.1, -0.05) is 29.8 Å². The Labute approximate surface area is 224 Å². The van der Waals surface area contributed by atoms with E-state index in [1.165, 1.54) is 13.0 Å². The average molecular weight is 534 g/mol. The number of phenolic OH excluding ortho intramolecular Hbond substituents is 1. The van der Waals surface area contributed by atoms with Crippen molar-refractivity contribution in [3.63, 3.8) is 0 Å².